The van der Waals surface area contributed by atoms with Gasteiger partial charge in [0.15, 0.2) is 0 Å². The third-order valence-corrected chi connectivity index (χ3v) is 3.59. The highest BCUT2D eigenvalue weighted by molar-refractivity contribution is 5.69. The number of aliphatic hydroxyl groups is 1. The van der Waals surface area contributed by atoms with E-state index < -0.39 is 0 Å². The molecular weight excluding hydrogens is 288 g/mol. The fraction of sp³-hybridized carbons (Fsp3) is 0.933. The minimum absolute atomic E-state index is 0.163. The third-order valence-electron chi connectivity index (χ3n) is 3.59. The normalized spacial score (nSPS) is 25.0. The number of esters is 1. The van der Waals surface area contributed by atoms with Crippen molar-refractivity contribution in [2.45, 2.75) is 37.9 Å². The Labute approximate surface area is 132 Å². The molecule has 2 atom stereocenters. The van der Waals surface area contributed by atoms with Gasteiger partial charge in [0.25, 0.3) is 0 Å². The zero-order valence-electron chi connectivity index (χ0n) is 13.5. The summed E-state index contributed by atoms with van der Waals surface area (Å²) in [6.07, 6.45) is 3.54. The molecule has 0 aromatic heterocycles. The van der Waals surface area contributed by atoms with Crippen LogP contribution in [0.3, 0.4) is 0 Å². The van der Waals surface area contributed by atoms with E-state index in [4.69, 9.17) is 14.6 Å². The number of nitrogens with one attached hydrogen (secondary N) is 2. The molecule has 0 amide bonds. The summed E-state index contributed by atoms with van der Waals surface area (Å²) in [5, 5.41) is 15.0. The number of aliphatic hydroxyl groups excluding tert-OH is 1. The Bertz CT molecular complexity index is 279. The van der Waals surface area contributed by atoms with E-state index in [2.05, 4.69) is 15.4 Å². The molecule has 0 saturated carbocycles. The van der Waals surface area contributed by atoms with E-state index >= 15 is 0 Å². The van der Waals surface area contributed by atoms with Gasteiger partial charge in [0.1, 0.15) is 0 Å². The van der Waals surface area contributed by atoms with Crippen LogP contribution in [0.1, 0.15) is 25.7 Å². The fourth-order valence-corrected chi connectivity index (χ4v) is 2.31. The van der Waals surface area contributed by atoms with Crippen LogP contribution in [0.5, 0.6) is 0 Å². The van der Waals surface area contributed by atoms with E-state index in [1.54, 1.807) is 0 Å². The average molecular weight is 318 g/mol. The summed E-state index contributed by atoms with van der Waals surface area (Å²) in [7, 11) is 1.41. The maximum atomic E-state index is 10.8. The van der Waals surface area contributed by atoms with Gasteiger partial charge < -0.3 is 30.0 Å². The number of carbonyl (C=O) groups is 1. The Kier molecular flexibility index (Phi) is 11.2. The van der Waals surface area contributed by atoms with Crippen LogP contribution in [0.2, 0.25) is 0 Å². The largest absolute Gasteiger partial charge is 0.469 e. The number of hydrogen-bond donors (Lipinski definition) is 3. The van der Waals surface area contributed by atoms with Gasteiger partial charge in [-0.25, -0.2) is 0 Å². The first kappa shape index (κ1) is 19.3. The number of ether oxygens (including phenoxy) is 3. The molecule has 0 radical (unpaired) electrons. The first-order chi connectivity index (χ1) is 10.8. The molecule has 0 bridgehead atoms. The van der Waals surface area contributed by atoms with Crippen LogP contribution < -0.4 is 10.6 Å². The molecular formula is C15H30N2O5. The van der Waals surface area contributed by atoms with Crippen molar-refractivity contribution >= 4 is 5.97 Å². The van der Waals surface area contributed by atoms with Gasteiger partial charge in [-0.15, -0.1) is 0 Å². The first-order valence-corrected chi connectivity index (χ1v) is 8.08. The SMILES string of the molecule is COC(=O)CCC1CNCCO1.OCCCC1CNCCO1. The summed E-state index contributed by atoms with van der Waals surface area (Å²) in [6.45, 7) is 5.50. The van der Waals surface area contributed by atoms with Gasteiger partial charge in [0.2, 0.25) is 0 Å². The summed E-state index contributed by atoms with van der Waals surface area (Å²) in [4.78, 5) is 10.8. The van der Waals surface area contributed by atoms with Crippen LogP contribution in [0.15, 0.2) is 0 Å². The lowest BCUT2D eigenvalue weighted by molar-refractivity contribution is -0.141. The van der Waals surface area contributed by atoms with Crippen LogP contribution in [0.25, 0.3) is 0 Å². The van der Waals surface area contributed by atoms with Crippen LogP contribution in [-0.4, -0.2) is 76.4 Å². The average Bonchev–Trinajstić information content (AvgIpc) is 2.60. The van der Waals surface area contributed by atoms with Gasteiger partial charge in [0, 0.05) is 39.2 Å². The summed E-state index contributed by atoms with van der Waals surface area (Å²) < 4.78 is 15.3. The molecule has 2 aliphatic heterocycles. The van der Waals surface area contributed by atoms with E-state index in [0.717, 1.165) is 58.7 Å². The van der Waals surface area contributed by atoms with Crippen LogP contribution >= 0.6 is 0 Å². The van der Waals surface area contributed by atoms with Crippen molar-refractivity contribution in [1.29, 1.82) is 0 Å². The fourth-order valence-electron chi connectivity index (χ4n) is 2.31. The minimum Gasteiger partial charge on any atom is -0.469 e. The zero-order valence-corrected chi connectivity index (χ0v) is 13.5. The number of rotatable bonds is 6. The molecule has 2 heterocycles. The van der Waals surface area contributed by atoms with Crippen LogP contribution in [0, 0.1) is 0 Å². The molecule has 130 valence electrons. The van der Waals surface area contributed by atoms with Crippen molar-refractivity contribution in [1.82, 2.24) is 10.6 Å². The summed E-state index contributed by atoms with van der Waals surface area (Å²) in [5.74, 6) is -0.163. The summed E-state index contributed by atoms with van der Waals surface area (Å²) >= 11 is 0. The minimum atomic E-state index is -0.163. The van der Waals surface area contributed by atoms with Crippen LogP contribution in [-0.2, 0) is 19.0 Å². The van der Waals surface area contributed by atoms with E-state index in [1.807, 2.05) is 0 Å². The van der Waals surface area contributed by atoms with Gasteiger partial charge in [-0.2, -0.15) is 0 Å². The standard InChI is InChI=1S/C8H15NO3.C7H15NO2/c1-11-8(10)3-2-7-6-9-4-5-12-7;9-4-1-2-7-6-8-3-5-10-7/h7,9H,2-6H2,1H3;7-9H,1-6H2. The Balaban J connectivity index is 0.000000224. The topological polar surface area (TPSA) is 89.1 Å². The molecule has 22 heavy (non-hydrogen) atoms. The summed E-state index contributed by atoms with van der Waals surface area (Å²) in [5.41, 5.74) is 0. The number of morpholine rings is 2. The molecule has 2 rings (SSSR count). The number of methoxy groups -OCH3 is 1. The molecule has 0 aromatic rings. The lowest BCUT2D eigenvalue weighted by Gasteiger charge is -2.23. The van der Waals surface area contributed by atoms with Gasteiger partial charge in [-0.1, -0.05) is 0 Å². The van der Waals surface area contributed by atoms with Crippen molar-refractivity contribution < 1.29 is 24.1 Å². The van der Waals surface area contributed by atoms with Crippen molar-refractivity contribution in [3.8, 4) is 0 Å². The van der Waals surface area contributed by atoms with Crippen molar-refractivity contribution in [3.05, 3.63) is 0 Å². The van der Waals surface area contributed by atoms with Crippen molar-refractivity contribution in [2.24, 2.45) is 0 Å². The molecule has 2 saturated heterocycles. The molecule has 7 heteroatoms. The zero-order chi connectivity index (χ0) is 16.0. The third kappa shape index (κ3) is 9.32. The van der Waals surface area contributed by atoms with E-state index in [1.165, 1.54) is 7.11 Å². The number of carbonyl (C=O) groups excluding carboxylic acids is 1. The monoisotopic (exact) mass is 318 g/mol. The Morgan fingerprint density at radius 2 is 1.73 bits per heavy atom. The Morgan fingerprint density at radius 1 is 1.14 bits per heavy atom. The predicted octanol–water partition coefficient (Wildman–Crippen LogP) is -0.325. The predicted molar refractivity (Wildman–Crippen MR) is 82.8 cm³/mol. The molecule has 2 unspecified atom stereocenters. The number of hydrogen-bond acceptors (Lipinski definition) is 7. The van der Waals surface area contributed by atoms with Gasteiger partial charge in [-0.3, -0.25) is 4.79 Å². The molecule has 7 nitrogen and oxygen atoms in total. The second-order valence-electron chi connectivity index (χ2n) is 5.37. The second kappa shape index (κ2) is 12.8. The molecule has 2 aliphatic rings. The molecule has 0 spiro atoms. The Hall–Kier alpha value is -0.730. The Morgan fingerprint density at radius 3 is 2.18 bits per heavy atom. The van der Waals surface area contributed by atoms with E-state index in [0.29, 0.717) is 12.5 Å². The maximum absolute atomic E-state index is 10.8. The van der Waals surface area contributed by atoms with E-state index in [-0.39, 0.29) is 18.7 Å². The van der Waals surface area contributed by atoms with Gasteiger partial charge in [0.05, 0.1) is 32.5 Å². The smallest absolute Gasteiger partial charge is 0.305 e. The lowest BCUT2D eigenvalue weighted by Crippen LogP contribution is -2.38. The highest BCUT2D eigenvalue weighted by Crippen LogP contribution is 2.05. The van der Waals surface area contributed by atoms with Gasteiger partial charge >= 0.3 is 5.97 Å². The highest BCUT2D eigenvalue weighted by Gasteiger charge is 2.14. The quantitative estimate of drug-likeness (QED) is 0.578. The van der Waals surface area contributed by atoms with Gasteiger partial charge in [-0.05, 0) is 19.3 Å². The lowest BCUT2D eigenvalue weighted by atomic mass is 10.2. The van der Waals surface area contributed by atoms with E-state index in [9.17, 15) is 4.79 Å². The van der Waals surface area contributed by atoms with Crippen LogP contribution in [0.4, 0.5) is 0 Å². The first-order valence-electron chi connectivity index (χ1n) is 8.08. The molecule has 3 N–H and O–H groups in total. The molecule has 0 aliphatic carbocycles. The van der Waals surface area contributed by atoms with Crippen molar-refractivity contribution in [2.75, 3.05) is 53.1 Å². The molecule has 2 fully saturated rings. The maximum Gasteiger partial charge on any atom is 0.305 e. The van der Waals surface area contributed by atoms with Crippen molar-refractivity contribution in [3.63, 3.8) is 0 Å². The second-order valence-corrected chi connectivity index (χ2v) is 5.37. The highest BCUT2D eigenvalue weighted by atomic mass is 16.5. The summed E-state index contributed by atoms with van der Waals surface area (Å²) in [6, 6.07) is 0. The molecule has 0 aromatic carbocycles.